The summed E-state index contributed by atoms with van der Waals surface area (Å²) in [6.45, 7) is 5.64. The van der Waals surface area contributed by atoms with Crippen LogP contribution in [-0.2, 0) is 23.9 Å². The second-order valence-electron chi connectivity index (χ2n) is 13.3. The van der Waals surface area contributed by atoms with E-state index in [0.717, 1.165) is 38.5 Å². The average molecular weight is 654 g/mol. The van der Waals surface area contributed by atoms with Gasteiger partial charge in [0.2, 0.25) is 5.91 Å². The number of nitrogens with one attached hydrogen (secondary N) is 1. The fraction of sp³-hybridized carbons (Fsp3) is 0.921. The highest BCUT2D eigenvalue weighted by Gasteiger charge is 2.26. The van der Waals surface area contributed by atoms with Crippen molar-refractivity contribution in [2.24, 2.45) is 11.5 Å². The number of esters is 2. The van der Waals surface area contributed by atoms with E-state index in [1.807, 2.05) is 0 Å². The van der Waals surface area contributed by atoms with Gasteiger partial charge in [0.1, 0.15) is 6.04 Å². The van der Waals surface area contributed by atoms with Gasteiger partial charge in [-0.3, -0.25) is 9.59 Å². The van der Waals surface area contributed by atoms with E-state index < -0.39 is 24.0 Å². The predicted molar refractivity (Wildman–Crippen MR) is 192 cm³/mol. The molecule has 0 aliphatic heterocycles. The lowest BCUT2D eigenvalue weighted by Gasteiger charge is -2.20. The lowest BCUT2D eigenvalue weighted by atomic mass is 10.1. The van der Waals surface area contributed by atoms with Crippen molar-refractivity contribution in [2.75, 3.05) is 19.8 Å². The predicted octanol–water partition coefficient (Wildman–Crippen LogP) is 8.81. The maximum absolute atomic E-state index is 12.9. The van der Waals surface area contributed by atoms with E-state index in [2.05, 4.69) is 19.2 Å². The first-order chi connectivity index (χ1) is 22.5. The van der Waals surface area contributed by atoms with E-state index in [1.54, 1.807) is 0 Å². The SMILES string of the molecule is CCCCCCCCCCCCCCOC(=O)CC[C@H](NC(=O)[C@@H](N)CCCN)C(=O)OCCCCCCCCCCCCCC. The third-order valence-electron chi connectivity index (χ3n) is 8.80. The quantitative estimate of drug-likeness (QED) is 0.0460. The Morgan fingerprint density at radius 3 is 1.35 bits per heavy atom. The Hall–Kier alpha value is -1.67. The van der Waals surface area contributed by atoms with Crippen molar-refractivity contribution in [2.45, 2.75) is 206 Å². The summed E-state index contributed by atoms with van der Waals surface area (Å²) in [5.41, 5.74) is 11.5. The molecule has 272 valence electrons. The molecule has 2 atom stereocenters. The van der Waals surface area contributed by atoms with Crippen molar-refractivity contribution in [1.29, 1.82) is 0 Å². The normalized spacial score (nSPS) is 12.5. The third kappa shape index (κ3) is 29.7. The number of rotatable bonds is 35. The molecule has 0 saturated carbocycles. The molecule has 0 radical (unpaired) electrons. The van der Waals surface area contributed by atoms with Gasteiger partial charge in [0.15, 0.2) is 0 Å². The minimum absolute atomic E-state index is 0.0367. The Morgan fingerprint density at radius 1 is 0.543 bits per heavy atom. The van der Waals surface area contributed by atoms with Crippen molar-refractivity contribution in [3.05, 3.63) is 0 Å². The lowest BCUT2D eigenvalue weighted by molar-refractivity contribution is -0.149. The Bertz CT molecular complexity index is 706. The highest BCUT2D eigenvalue weighted by molar-refractivity contribution is 5.87. The monoisotopic (exact) mass is 654 g/mol. The maximum Gasteiger partial charge on any atom is 0.328 e. The van der Waals surface area contributed by atoms with Crippen LogP contribution in [0.15, 0.2) is 0 Å². The summed E-state index contributed by atoms with van der Waals surface area (Å²) < 4.78 is 10.9. The highest BCUT2D eigenvalue weighted by Crippen LogP contribution is 2.14. The number of carbonyl (C=O) groups excluding carboxylic acids is 3. The number of ether oxygens (including phenoxy) is 2. The highest BCUT2D eigenvalue weighted by atomic mass is 16.5. The van der Waals surface area contributed by atoms with E-state index in [4.69, 9.17) is 20.9 Å². The first-order valence-corrected chi connectivity index (χ1v) is 19.5. The molecule has 1 amide bonds. The number of nitrogens with two attached hydrogens (primary N) is 2. The molecule has 0 aliphatic rings. The van der Waals surface area contributed by atoms with E-state index in [0.29, 0.717) is 32.6 Å². The van der Waals surface area contributed by atoms with Crippen molar-refractivity contribution >= 4 is 17.8 Å². The first kappa shape index (κ1) is 44.3. The fourth-order valence-electron chi connectivity index (χ4n) is 5.68. The first-order valence-electron chi connectivity index (χ1n) is 19.5. The molecule has 0 heterocycles. The van der Waals surface area contributed by atoms with Gasteiger partial charge in [-0.15, -0.1) is 0 Å². The van der Waals surface area contributed by atoms with Gasteiger partial charge >= 0.3 is 11.9 Å². The fourth-order valence-corrected chi connectivity index (χ4v) is 5.68. The topological polar surface area (TPSA) is 134 Å². The molecular weight excluding hydrogens is 578 g/mol. The summed E-state index contributed by atoms with van der Waals surface area (Å²) in [6.07, 6.45) is 31.0. The molecule has 0 aromatic rings. The molecule has 8 heteroatoms. The standard InChI is InChI=1S/C38H75N3O5/c1-3-5-7-9-11-13-15-17-19-21-23-25-32-45-36(42)30-29-35(41-37(43)34(40)28-27-31-39)38(44)46-33-26-24-22-20-18-16-14-12-10-8-6-4-2/h34-35H,3-33,39-40H2,1-2H3,(H,41,43)/t34-,35-/m0/s1. The van der Waals surface area contributed by atoms with Gasteiger partial charge in [0, 0.05) is 6.42 Å². The van der Waals surface area contributed by atoms with Crippen LogP contribution in [0.1, 0.15) is 194 Å². The average Bonchev–Trinajstić information content (AvgIpc) is 3.05. The van der Waals surface area contributed by atoms with Gasteiger partial charge in [-0.05, 0) is 38.6 Å². The number of carbonyl (C=O) groups is 3. The molecule has 5 N–H and O–H groups in total. The van der Waals surface area contributed by atoms with Crippen LogP contribution in [0, 0.1) is 0 Å². The minimum atomic E-state index is -0.923. The van der Waals surface area contributed by atoms with E-state index in [9.17, 15) is 14.4 Å². The zero-order valence-electron chi connectivity index (χ0n) is 30.3. The Kier molecular flexibility index (Phi) is 33.4. The van der Waals surface area contributed by atoms with Crippen LogP contribution in [-0.4, -0.2) is 49.7 Å². The summed E-state index contributed by atoms with van der Waals surface area (Å²) in [6, 6.07) is -1.68. The van der Waals surface area contributed by atoms with Crippen LogP contribution in [0.2, 0.25) is 0 Å². The van der Waals surface area contributed by atoms with Crippen LogP contribution in [0.25, 0.3) is 0 Å². The Morgan fingerprint density at radius 2 is 0.935 bits per heavy atom. The summed E-state index contributed by atoms with van der Waals surface area (Å²) in [4.78, 5) is 37.9. The van der Waals surface area contributed by atoms with Gasteiger partial charge in [0.25, 0.3) is 0 Å². The van der Waals surface area contributed by atoms with Gasteiger partial charge < -0.3 is 26.3 Å². The molecule has 0 aliphatic carbocycles. The molecule has 0 rings (SSSR count). The van der Waals surface area contributed by atoms with E-state index in [1.165, 1.54) is 116 Å². The summed E-state index contributed by atoms with van der Waals surface area (Å²) in [5, 5.41) is 2.71. The molecular formula is C38H75N3O5. The molecule has 0 fully saturated rings. The minimum Gasteiger partial charge on any atom is -0.466 e. The molecule has 46 heavy (non-hydrogen) atoms. The lowest BCUT2D eigenvalue weighted by Crippen LogP contribution is -2.49. The molecule has 0 aromatic carbocycles. The van der Waals surface area contributed by atoms with E-state index in [-0.39, 0.29) is 18.8 Å². The van der Waals surface area contributed by atoms with Crippen molar-refractivity contribution in [3.63, 3.8) is 0 Å². The zero-order chi connectivity index (χ0) is 33.9. The smallest absolute Gasteiger partial charge is 0.328 e. The second kappa shape index (κ2) is 34.7. The van der Waals surface area contributed by atoms with Crippen LogP contribution in [0.4, 0.5) is 0 Å². The van der Waals surface area contributed by atoms with Gasteiger partial charge in [-0.25, -0.2) is 4.79 Å². The number of unbranched alkanes of at least 4 members (excludes halogenated alkanes) is 22. The van der Waals surface area contributed by atoms with Crippen LogP contribution < -0.4 is 16.8 Å². The Labute approximate surface area is 283 Å². The number of hydrogen-bond acceptors (Lipinski definition) is 7. The van der Waals surface area contributed by atoms with Crippen LogP contribution in [0.5, 0.6) is 0 Å². The van der Waals surface area contributed by atoms with E-state index >= 15 is 0 Å². The maximum atomic E-state index is 12.9. The van der Waals surface area contributed by atoms with Crippen molar-refractivity contribution in [3.8, 4) is 0 Å². The van der Waals surface area contributed by atoms with Gasteiger partial charge in [0.05, 0.1) is 19.3 Å². The third-order valence-corrected chi connectivity index (χ3v) is 8.80. The van der Waals surface area contributed by atoms with Gasteiger partial charge in [-0.1, -0.05) is 155 Å². The molecule has 8 nitrogen and oxygen atoms in total. The largest absolute Gasteiger partial charge is 0.466 e. The second-order valence-corrected chi connectivity index (χ2v) is 13.3. The van der Waals surface area contributed by atoms with Crippen molar-refractivity contribution in [1.82, 2.24) is 5.32 Å². The van der Waals surface area contributed by atoms with Gasteiger partial charge in [-0.2, -0.15) is 0 Å². The molecule has 0 unspecified atom stereocenters. The molecule has 0 aromatic heterocycles. The van der Waals surface area contributed by atoms with Crippen LogP contribution in [0.3, 0.4) is 0 Å². The summed E-state index contributed by atoms with van der Waals surface area (Å²) in [7, 11) is 0. The van der Waals surface area contributed by atoms with Crippen LogP contribution >= 0.6 is 0 Å². The molecule has 0 spiro atoms. The number of amides is 1. The summed E-state index contributed by atoms with van der Waals surface area (Å²) >= 11 is 0. The van der Waals surface area contributed by atoms with Crippen molar-refractivity contribution < 1.29 is 23.9 Å². The summed E-state index contributed by atoms with van der Waals surface area (Å²) in [5.74, 6) is -1.30. The molecule has 0 saturated heterocycles. The zero-order valence-corrected chi connectivity index (χ0v) is 30.3. The molecule has 0 bridgehead atoms. The Balaban J connectivity index is 4.22. The number of hydrogen-bond donors (Lipinski definition) is 3.